The first-order chi connectivity index (χ1) is 13.8. The van der Waals surface area contributed by atoms with E-state index in [9.17, 15) is 0 Å². The van der Waals surface area contributed by atoms with Crippen molar-refractivity contribution < 1.29 is 24.2 Å². The molecule has 2 aromatic rings. The third kappa shape index (κ3) is 10.2. The van der Waals surface area contributed by atoms with E-state index in [1.807, 2.05) is 12.2 Å². The molecule has 2 aromatic carbocycles. The summed E-state index contributed by atoms with van der Waals surface area (Å²) in [6.45, 7) is 4.42. The van der Waals surface area contributed by atoms with Gasteiger partial charge in [0.2, 0.25) is 0 Å². The quantitative estimate of drug-likeness (QED) is 0.364. The van der Waals surface area contributed by atoms with Crippen LogP contribution in [0.15, 0.2) is 96.1 Å². The van der Waals surface area contributed by atoms with E-state index in [2.05, 4.69) is 98.8 Å². The molecule has 0 saturated heterocycles. The van der Waals surface area contributed by atoms with Crippen LogP contribution in [0.5, 0.6) is 0 Å². The summed E-state index contributed by atoms with van der Waals surface area (Å²) in [5.41, 5.74) is 5.75. The first-order valence-corrected chi connectivity index (χ1v) is 11.2. The first-order valence-electron chi connectivity index (χ1n) is 9.94. The minimum absolute atomic E-state index is 0. The van der Waals surface area contributed by atoms with E-state index in [1.54, 1.807) is 5.57 Å². The molecule has 0 N–H and O–H groups in total. The summed E-state index contributed by atoms with van der Waals surface area (Å²) in [4.78, 5) is 0. The molecule has 0 aliphatic heterocycles. The van der Waals surface area contributed by atoms with Crippen molar-refractivity contribution in [2.75, 3.05) is 0 Å². The van der Waals surface area contributed by atoms with E-state index >= 15 is 0 Å². The van der Waals surface area contributed by atoms with Crippen molar-refractivity contribution in [1.29, 1.82) is 0 Å². The van der Waals surface area contributed by atoms with Gasteiger partial charge in [-0.25, -0.2) is 18.2 Å². The van der Waals surface area contributed by atoms with Gasteiger partial charge in [-0.3, -0.25) is 12.2 Å². The zero-order chi connectivity index (χ0) is 20.0. The van der Waals surface area contributed by atoms with Gasteiger partial charge < -0.3 is 0 Å². The van der Waals surface area contributed by atoms with E-state index in [1.165, 1.54) is 57.0 Å². The first kappa shape index (κ1) is 28.7. The molecule has 3 heteroatoms. The van der Waals surface area contributed by atoms with E-state index < -0.39 is 0 Å². The normalized spacial score (nSPS) is 12.8. The van der Waals surface area contributed by atoms with Gasteiger partial charge in [-0.2, -0.15) is 17.2 Å². The maximum atomic E-state index is 3.23. The molecular formula is C27H30Cl2Zr. The molecule has 4 rings (SSSR count). The van der Waals surface area contributed by atoms with Crippen molar-refractivity contribution in [1.82, 2.24) is 0 Å². The van der Waals surface area contributed by atoms with Gasteiger partial charge in [0.15, 0.2) is 0 Å². The standard InChI is InChI=1S/C13H10.C9H13.C5H5.2ClH.Zr/c1-3-7-12(8-4-1)11-13-9-5-2-6-10-13;1-3-8-6-5-7-9(8)4-2;1-2-4-5-3-1;;;/h1-10H;6H,3-4,7H2,1-2H3;1-3H,4H2;2*1H;/q;2*-1;;;+2. The number of halogens is 2. The van der Waals surface area contributed by atoms with Crippen LogP contribution < -0.4 is 0 Å². The summed E-state index contributed by atoms with van der Waals surface area (Å²) < 4.78 is 1.42. The van der Waals surface area contributed by atoms with E-state index in [0.29, 0.717) is 0 Å². The van der Waals surface area contributed by atoms with Crippen molar-refractivity contribution in [3.8, 4) is 0 Å². The third-order valence-corrected chi connectivity index (χ3v) is 5.98. The molecule has 0 fully saturated rings. The number of allylic oxidation sites excluding steroid dienone is 8. The van der Waals surface area contributed by atoms with E-state index in [4.69, 9.17) is 0 Å². The molecule has 0 unspecified atom stereocenters. The van der Waals surface area contributed by atoms with Gasteiger partial charge in [0.25, 0.3) is 0 Å². The molecule has 0 atom stereocenters. The number of benzene rings is 2. The molecule has 2 aliphatic carbocycles. The second-order valence-corrected chi connectivity index (χ2v) is 7.70. The van der Waals surface area contributed by atoms with Crippen LogP contribution in [0, 0.1) is 12.2 Å². The predicted molar refractivity (Wildman–Crippen MR) is 132 cm³/mol. The summed E-state index contributed by atoms with van der Waals surface area (Å²) >= 11 is 1.46. The van der Waals surface area contributed by atoms with Gasteiger partial charge in [-0.1, -0.05) is 26.7 Å². The third-order valence-electron chi connectivity index (χ3n) is 4.56. The SMILES string of the molecule is CCC1=C(CC)C[C-]=C1.Cl.Cl.[C-]1=CC=CC1.[Zr+2]=[C](c1ccccc1)c1ccccc1. The van der Waals surface area contributed by atoms with Gasteiger partial charge in [0.05, 0.1) is 0 Å². The Balaban J connectivity index is 0.000000454. The van der Waals surface area contributed by atoms with Crippen LogP contribution in [-0.4, -0.2) is 3.21 Å². The Morgan fingerprint density at radius 1 is 0.833 bits per heavy atom. The second-order valence-electron chi connectivity index (χ2n) is 6.47. The molecule has 2 aliphatic rings. The van der Waals surface area contributed by atoms with Crippen LogP contribution >= 0.6 is 24.8 Å². The summed E-state index contributed by atoms with van der Waals surface area (Å²) in [6.07, 6.45) is 18.8. The fourth-order valence-electron chi connectivity index (χ4n) is 2.93. The molecule has 0 amide bonds. The number of hydrogen-bond donors (Lipinski definition) is 0. The molecular weight excluding hydrogens is 486 g/mol. The van der Waals surface area contributed by atoms with Gasteiger partial charge in [0.1, 0.15) is 0 Å². The summed E-state index contributed by atoms with van der Waals surface area (Å²) in [7, 11) is 0. The Hall–Kier alpha value is -1.27. The Labute approximate surface area is 210 Å². The van der Waals surface area contributed by atoms with Gasteiger partial charge >= 0.3 is 99.2 Å². The van der Waals surface area contributed by atoms with Gasteiger partial charge in [-0.05, 0) is 0 Å². The van der Waals surface area contributed by atoms with Crippen LogP contribution in [0.4, 0.5) is 0 Å². The minimum atomic E-state index is 0. The average molecular weight is 517 g/mol. The Morgan fingerprint density at radius 3 is 1.73 bits per heavy atom. The van der Waals surface area contributed by atoms with E-state index in [-0.39, 0.29) is 24.8 Å². The zero-order valence-corrected chi connectivity index (χ0v) is 21.8. The fraction of sp³-hybridized carbons (Fsp3) is 0.222. The molecule has 0 radical (unpaired) electrons. The second kappa shape index (κ2) is 17.4. The van der Waals surface area contributed by atoms with Crippen LogP contribution in [0.3, 0.4) is 0 Å². The van der Waals surface area contributed by atoms with Crippen molar-refractivity contribution in [3.05, 3.63) is 119 Å². The maximum absolute atomic E-state index is 3.23. The molecule has 0 nitrogen and oxygen atoms in total. The zero-order valence-electron chi connectivity index (χ0n) is 17.7. The van der Waals surface area contributed by atoms with E-state index in [0.717, 1.165) is 12.8 Å². The number of rotatable bonds is 4. The van der Waals surface area contributed by atoms with Crippen LogP contribution in [-0.2, 0) is 24.2 Å². The van der Waals surface area contributed by atoms with Crippen molar-refractivity contribution in [3.63, 3.8) is 0 Å². The Bertz CT molecular complexity index is 795. The fourth-order valence-corrected chi connectivity index (χ4v) is 3.75. The summed E-state index contributed by atoms with van der Waals surface area (Å²) in [6, 6.07) is 21.1. The van der Waals surface area contributed by atoms with Crippen LogP contribution in [0.1, 0.15) is 50.7 Å². The molecule has 30 heavy (non-hydrogen) atoms. The van der Waals surface area contributed by atoms with Crippen LogP contribution in [0.25, 0.3) is 0 Å². The number of hydrogen-bond acceptors (Lipinski definition) is 0. The average Bonchev–Trinajstić information content (AvgIpc) is 3.49. The Morgan fingerprint density at radius 2 is 1.40 bits per heavy atom. The Kier molecular flexibility index (Phi) is 16.7. The topological polar surface area (TPSA) is 0 Å². The molecule has 0 heterocycles. The molecule has 0 aromatic heterocycles. The van der Waals surface area contributed by atoms with Crippen molar-refractivity contribution in [2.24, 2.45) is 0 Å². The summed E-state index contributed by atoms with van der Waals surface area (Å²) in [5, 5.41) is 0. The molecule has 0 bridgehead atoms. The van der Waals surface area contributed by atoms with Crippen molar-refractivity contribution in [2.45, 2.75) is 39.5 Å². The molecule has 156 valence electrons. The predicted octanol–water partition coefficient (Wildman–Crippen LogP) is 7.82. The monoisotopic (exact) mass is 514 g/mol. The van der Waals surface area contributed by atoms with Gasteiger partial charge in [-0.15, -0.1) is 37.7 Å². The molecule has 0 spiro atoms. The van der Waals surface area contributed by atoms with Crippen molar-refractivity contribution >= 4 is 28.0 Å². The van der Waals surface area contributed by atoms with Gasteiger partial charge in [0, 0.05) is 0 Å². The molecule has 0 saturated carbocycles. The van der Waals surface area contributed by atoms with Crippen LogP contribution in [0.2, 0.25) is 0 Å². The summed E-state index contributed by atoms with van der Waals surface area (Å²) in [5.74, 6) is 0.